The molecular weight excluding hydrogens is 414 g/mol. The number of sulfonamides is 1. The second kappa shape index (κ2) is 6.89. The van der Waals surface area contributed by atoms with Crippen molar-refractivity contribution in [1.29, 1.82) is 0 Å². The topological polar surface area (TPSA) is 62.3 Å². The molecule has 3 aromatic rings. The lowest BCUT2D eigenvalue weighted by atomic mass is 10.1. The van der Waals surface area contributed by atoms with Crippen molar-refractivity contribution in [2.75, 3.05) is 21.9 Å². The summed E-state index contributed by atoms with van der Waals surface area (Å²) in [5, 5.41) is 4.48. The molecular formula is C19H18BrN3O2S. The van der Waals surface area contributed by atoms with Gasteiger partial charge in [0.25, 0.3) is 0 Å². The Kier molecular flexibility index (Phi) is 4.58. The van der Waals surface area contributed by atoms with Gasteiger partial charge >= 0.3 is 0 Å². The van der Waals surface area contributed by atoms with E-state index in [9.17, 15) is 8.42 Å². The van der Waals surface area contributed by atoms with Crippen molar-refractivity contribution >= 4 is 48.2 Å². The number of anilines is 2. The van der Waals surface area contributed by atoms with E-state index >= 15 is 0 Å². The van der Waals surface area contributed by atoms with Gasteiger partial charge in [0.2, 0.25) is 10.0 Å². The lowest BCUT2D eigenvalue weighted by Gasteiger charge is -2.18. The number of pyridine rings is 1. The zero-order chi connectivity index (χ0) is 18.1. The Hall–Kier alpha value is -2.12. The van der Waals surface area contributed by atoms with Crippen LogP contribution in [0.2, 0.25) is 0 Å². The van der Waals surface area contributed by atoms with E-state index in [4.69, 9.17) is 0 Å². The van der Waals surface area contributed by atoms with E-state index < -0.39 is 10.0 Å². The monoisotopic (exact) mass is 431 g/mol. The van der Waals surface area contributed by atoms with E-state index in [0.29, 0.717) is 19.5 Å². The van der Waals surface area contributed by atoms with Crippen LogP contribution in [0.1, 0.15) is 12.0 Å². The zero-order valence-corrected chi connectivity index (χ0v) is 16.4. The molecule has 0 amide bonds. The van der Waals surface area contributed by atoms with Crippen molar-refractivity contribution in [3.8, 4) is 0 Å². The standard InChI is InChI=1S/C19H18BrN3O2S/c20-15-5-6-18-17(12-15)19(7-8-21-18)22-13-14-3-1-4-16(11-14)23-9-2-10-26(23,24)25/h1,3-8,11-12H,2,9-10,13H2,(H,21,22). The molecule has 1 saturated heterocycles. The van der Waals surface area contributed by atoms with Crippen LogP contribution < -0.4 is 9.62 Å². The highest BCUT2D eigenvalue weighted by atomic mass is 79.9. The van der Waals surface area contributed by atoms with Crippen molar-refractivity contribution in [1.82, 2.24) is 4.98 Å². The Bertz CT molecular complexity index is 1070. The molecule has 1 aromatic heterocycles. The molecule has 0 bridgehead atoms. The molecule has 134 valence electrons. The maximum absolute atomic E-state index is 12.1. The van der Waals surface area contributed by atoms with Crippen LogP contribution in [0.15, 0.2) is 59.2 Å². The Balaban J connectivity index is 1.58. The van der Waals surface area contributed by atoms with Crippen LogP contribution in [0, 0.1) is 0 Å². The van der Waals surface area contributed by atoms with Crippen LogP contribution in [0.25, 0.3) is 10.9 Å². The molecule has 7 heteroatoms. The predicted molar refractivity (Wildman–Crippen MR) is 109 cm³/mol. The van der Waals surface area contributed by atoms with E-state index in [1.807, 2.05) is 48.5 Å². The summed E-state index contributed by atoms with van der Waals surface area (Å²) in [4.78, 5) is 4.39. The number of benzene rings is 2. The number of hydrogen-bond acceptors (Lipinski definition) is 4. The first-order valence-corrected chi connectivity index (χ1v) is 10.8. The Morgan fingerprint density at radius 2 is 2.04 bits per heavy atom. The molecule has 0 radical (unpaired) electrons. The maximum Gasteiger partial charge on any atom is 0.235 e. The summed E-state index contributed by atoms with van der Waals surface area (Å²) in [5.41, 5.74) is 3.69. The smallest absolute Gasteiger partial charge is 0.235 e. The molecule has 0 atom stereocenters. The highest BCUT2D eigenvalue weighted by Gasteiger charge is 2.28. The van der Waals surface area contributed by atoms with Crippen molar-refractivity contribution in [3.63, 3.8) is 0 Å². The highest BCUT2D eigenvalue weighted by molar-refractivity contribution is 9.10. The van der Waals surface area contributed by atoms with Gasteiger partial charge in [-0.05, 0) is 48.4 Å². The van der Waals surface area contributed by atoms with E-state index in [1.54, 1.807) is 6.20 Å². The SMILES string of the molecule is O=S1(=O)CCCN1c1cccc(CNc2ccnc3ccc(Br)cc23)c1. The molecule has 0 spiro atoms. The van der Waals surface area contributed by atoms with E-state index in [-0.39, 0.29) is 5.75 Å². The molecule has 1 N–H and O–H groups in total. The van der Waals surface area contributed by atoms with Crippen molar-refractivity contribution in [2.45, 2.75) is 13.0 Å². The van der Waals surface area contributed by atoms with Crippen LogP contribution in [-0.4, -0.2) is 25.7 Å². The maximum atomic E-state index is 12.1. The molecule has 1 aliphatic rings. The summed E-state index contributed by atoms with van der Waals surface area (Å²) >= 11 is 3.50. The van der Waals surface area contributed by atoms with Gasteiger partial charge in [-0.2, -0.15) is 0 Å². The first-order chi connectivity index (χ1) is 12.5. The van der Waals surface area contributed by atoms with Gasteiger partial charge in [-0.3, -0.25) is 9.29 Å². The van der Waals surface area contributed by atoms with Gasteiger partial charge in [-0.25, -0.2) is 8.42 Å². The minimum atomic E-state index is -3.16. The highest BCUT2D eigenvalue weighted by Crippen LogP contribution is 2.27. The summed E-state index contributed by atoms with van der Waals surface area (Å²) in [6, 6.07) is 15.6. The predicted octanol–water partition coefficient (Wildman–Crippen LogP) is 4.15. The first kappa shape index (κ1) is 17.3. The van der Waals surface area contributed by atoms with Crippen LogP contribution in [-0.2, 0) is 16.6 Å². The number of nitrogens with zero attached hydrogens (tertiary/aromatic N) is 2. The third kappa shape index (κ3) is 3.41. The third-order valence-corrected chi connectivity index (χ3v) is 6.85. The van der Waals surface area contributed by atoms with E-state index in [1.165, 1.54) is 4.31 Å². The first-order valence-electron chi connectivity index (χ1n) is 8.40. The van der Waals surface area contributed by atoms with Crippen molar-refractivity contribution in [3.05, 3.63) is 64.8 Å². The van der Waals surface area contributed by atoms with E-state index in [2.05, 4.69) is 26.2 Å². The normalized spacial score (nSPS) is 16.1. The lowest BCUT2D eigenvalue weighted by molar-refractivity contribution is 0.599. The Labute approximate surface area is 161 Å². The van der Waals surface area contributed by atoms with Crippen molar-refractivity contribution in [2.24, 2.45) is 0 Å². The lowest BCUT2D eigenvalue weighted by Crippen LogP contribution is -2.25. The summed E-state index contributed by atoms with van der Waals surface area (Å²) in [7, 11) is -3.16. The minimum absolute atomic E-state index is 0.230. The Morgan fingerprint density at radius 1 is 1.15 bits per heavy atom. The molecule has 2 heterocycles. The number of nitrogens with one attached hydrogen (secondary N) is 1. The van der Waals surface area contributed by atoms with Gasteiger partial charge in [0.15, 0.2) is 0 Å². The van der Waals surface area contributed by atoms with Gasteiger partial charge < -0.3 is 5.32 Å². The summed E-state index contributed by atoms with van der Waals surface area (Å²) in [6.07, 6.45) is 2.47. The minimum Gasteiger partial charge on any atom is -0.380 e. The van der Waals surface area contributed by atoms with Gasteiger partial charge in [0.05, 0.1) is 17.0 Å². The molecule has 5 nitrogen and oxygen atoms in total. The molecule has 1 aliphatic heterocycles. The number of aromatic nitrogens is 1. The number of hydrogen-bond donors (Lipinski definition) is 1. The van der Waals surface area contributed by atoms with Gasteiger partial charge in [-0.15, -0.1) is 0 Å². The number of halogens is 1. The molecule has 1 fully saturated rings. The van der Waals surface area contributed by atoms with Gasteiger partial charge in [-0.1, -0.05) is 28.1 Å². The molecule has 4 rings (SSSR count). The van der Waals surface area contributed by atoms with Crippen LogP contribution in [0.4, 0.5) is 11.4 Å². The second-order valence-corrected chi connectivity index (χ2v) is 9.21. The molecule has 0 unspecified atom stereocenters. The third-order valence-electron chi connectivity index (χ3n) is 4.48. The van der Waals surface area contributed by atoms with Crippen LogP contribution in [0.3, 0.4) is 0 Å². The fourth-order valence-corrected chi connectivity index (χ4v) is 5.14. The quantitative estimate of drug-likeness (QED) is 0.673. The fourth-order valence-electron chi connectivity index (χ4n) is 3.22. The fraction of sp³-hybridized carbons (Fsp3) is 0.211. The average molecular weight is 432 g/mol. The zero-order valence-electron chi connectivity index (χ0n) is 14.0. The van der Waals surface area contributed by atoms with Crippen molar-refractivity contribution < 1.29 is 8.42 Å². The molecule has 2 aromatic carbocycles. The number of rotatable bonds is 4. The second-order valence-electron chi connectivity index (χ2n) is 6.29. The summed E-state index contributed by atoms with van der Waals surface area (Å²) < 4.78 is 26.8. The van der Waals surface area contributed by atoms with Crippen LogP contribution in [0.5, 0.6) is 0 Å². The van der Waals surface area contributed by atoms with E-state index in [0.717, 1.165) is 32.3 Å². The molecule has 26 heavy (non-hydrogen) atoms. The van der Waals surface area contributed by atoms with Crippen LogP contribution >= 0.6 is 15.9 Å². The Morgan fingerprint density at radius 3 is 2.85 bits per heavy atom. The largest absolute Gasteiger partial charge is 0.380 e. The van der Waals surface area contributed by atoms with Gasteiger partial charge in [0.1, 0.15) is 0 Å². The summed E-state index contributed by atoms with van der Waals surface area (Å²) in [5.74, 6) is 0.230. The molecule has 0 saturated carbocycles. The summed E-state index contributed by atoms with van der Waals surface area (Å²) in [6.45, 7) is 1.16. The van der Waals surface area contributed by atoms with Gasteiger partial charge in [0, 0.05) is 34.8 Å². The average Bonchev–Trinajstić information content (AvgIpc) is 2.99. The number of fused-ring (bicyclic) bond motifs is 1. The molecule has 0 aliphatic carbocycles.